The monoisotopic (exact) mass is 250 g/mol. The normalized spacial score (nSPS) is 20.9. The Morgan fingerprint density at radius 3 is 3.22 bits per heavy atom. The average Bonchev–Trinajstić information content (AvgIpc) is 2.94. The number of hydrogen-bond donors (Lipinski definition) is 1. The lowest BCUT2D eigenvalue weighted by Gasteiger charge is -2.20. The van der Waals surface area contributed by atoms with Crippen LogP contribution in [0.25, 0.3) is 11.1 Å². The predicted molar refractivity (Wildman–Crippen MR) is 64.5 cm³/mol. The Balaban J connectivity index is 1.82. The molecule has 0 amide bonds. The van der Waals surface area contributed by atoms with E-state index in [2.05, 4.69) is 9.88 Å². The molecule has 1 fully saturated rings. The first-order valence-corrected chi connectivity index (χ1v) is 6.16. The lowest BCUT2D eigenvalue weighted by atomic mass is 10.2. The van der Waals surface area contributed by atoms with Crippen molar-refractivity contribution in [2.45, 2.75) is 25.4 Å². The summed E-state index contributed by atoms with van der Waals surface area (Å²) >= 11 is 0. The number of aliphatic hydroxyl groups is 1. The molecule has 0 unspecified atom stereocenters. The molecule has 4 nitrogen and oxygen atoms in total. The molecule has 1 aliphatic heterocycles. The zero-order chi connectivity index (χ0) is 12.5. The number of benzene rings is 1. The van der Waals surface area contributed by atoms with Crippen molar-refractivity contribution in [1.82, 2.24) is 9.88 Å². The second-order valence-electron chi connectivity index (χ2n) is 4.67. The molecule has 1 aliphatic rings. The van der Waals surface area contributed by atoms with Crippen LogP contribution in [0.15, 0.2) is 22.6 Å². The van der Waals surface area contributed by atoms with Crippen LogP contribution in [0.4, 0.5) is 4.39 Å². The topological polar surface area (TPSA) is 49.5 Å². The lowest BCUT2D eigenvalue weighted by Crippen LogP contribution is -2.31. The zero-order valence-corrected chi connectivity index (χ0v) is 9.97. The standard InChI is InChI=1S/C13H15FN2O2/c14-9-3-4-11-12(6-9)18-13(15-11)7-16-5-1-2-10(16)8-17/h3-4,6,10,17H,1-2,5,7-8H2/t10-/m1/s1. The van der Waals surface area contributed by atoms with Crippen LogP contribution in [0.1, 0.15) is 18.7 Å². The van der Waals surface area contributed by atoms with Gasteiger partial charge >= 0.3 is 0 Å². The van der Waals surface area contributed by atoms with Gasteiger partial charge in [-0.25, -0.2) is 9.37 Å². The van der Waals surface area contributed by atoms with Crippen molar-refractivity contribution in [3.05, 3.63) is 29.9 Å². The Morgan fingerprint density at radius 2 is 2.39 bits per heavy atom. The van der Waals surface area contributed by atoms with Crippen LogP contribution in [-0.4, -0.2) is 34.2 Å². The highest BCUT2D eigenvalue weighted by Crippen LogP contribution is 2.22. The molecule has 0 spiro atoms. The summed E-state index contributed by atoms with van der Waals surface area (Å²) in [5.74, 6) is 0.260. The minimum atomic E-state index is -0.320. The molecule has 0 radical (unpaired) electrons. The molecule has 2 heterocycles. The highest BCUT2D eigenvalue weighted by molar-refractivity contribution is 5.72. The molecule has 3 rings (SSSR count). The number of nitrogens with zero attached hydrogens (tertiary/aromatic N) is 2. The smallest absolute Gasteiger partial charge is 0.209 e. The van der Waals surface area contributed by atoms with E-state index in [1.165, 1.54) is 12.1 Å². The van der Waals surface area contributed by atoms with Crippen molar-refractivity contribution >= 4 is 11.1 Å². The maximum atomic E-state index is 13.0. The number of rotatable bonds is 3. The van der Waals surface area contributed by atoms with Gasteiger partial charge in [0, 0.05) is 12.1 Å². The third-order valence-electron chi connectivity index (χ3n) is 3.44. The molecule has 1 aromatic carbocycles. The predicted octanol–water partition coefficient (Wildman–Crippen LogP) is 1.92. The minimum absolute atomic E-state index is 0.162. The van der Waals surface area contributed by atoms with Crippen molar-refractivity contribution in [3.8, 4) is 0 Å². The Bertz CT molecular complexity index is 555. The summed E-state index contributed by atoms with van der Waals surface area (Å²) in [4.78, 5) is 6.48. The number of oxazole rings is 1. The fraction of sp³-hybridized carbons (Fsp3) is 0.462. The van der Waals surface area contributed by atoms with Gasteiger partial charge < -0.3 is 9.52 Å². The Hall–Kier alpha value is -1.46. The molecule has 0 aliphatic carbocycles. The van der Waals surface area contributed by atoms with Crippen molar-refractivity contribution < 1.29 is 13.9 Å². The molecule has 96 valence electrons. The molecule has 0 saturated carbocycles. The van der Waals surface area contributed by atoms with Gasteiger partial charge in [0.2, 0.25) is 5.89 Å². The summed E-state index contributed by atoms with van der Waals surface area (Å²) in [6, 6.07) is 4.53. The first kappa shape index (κ1) is 11.6. The highest BCUT2D eigenvalue weighted by Gasteiger charge is 2.25. The maximum absolute atomic E-state index is 13.0. The van der Waals surface area contributed by atoms with Crippen LogP contribution >= 0.6 is 0 Å². The van der Waals surface area contributed by atoms with Crippen LogP contribution < -0.4 is 0 Å². The largest absolute Gasteiger partial charge is 0.439 e. The Kier molecular flexibility index (Phi) is 3.01. The van der Waals surface area contributed by atoms with E-state index in [1.807, 2.05) is 0 Å². The summed E-state index contributed by atoms with van der Waals surface area (Å²) in [6.07, 6.45) is 2.09. The molecule has 1 atom stereocenters. The second-order valence-corrected chi connectivity index (χ2v) is 4.67. The van der Waals surface area contributed by atoms with Crippen LogP contribution in [0.2, 0.25) is 0 Å². The highest BCUT2D eigenvalue weighted by atomic mass is 19.1. The van der Waals surface area contributed by atoms with Gasteiger partial charge in [0.15, 0.2) is 5.58 Å². The number of aliphatic hydroxyl groups excluding tert-OH is 1. The van der Waals surface area contributed by atoms with Gasteiger partial charge in [0.1, 0.15) is 11.3 Å². The fourth-order valence-corrected chi connectivity index (χ4v) is 2.50. The molecule has 2 aromatic rings. The van der Waals surface area contributed by atoms with Gasteiger partial charge in [-0.2, -0.15) is 0 Å². The van der Waals surface area contributed by atoms with Gasteiger partial charge in [-0.15, -0.1) is 0 Å². The third kappa shape index (κ3) is 2.11. The van der Waals surface area contributed by atoms with Crippen molar-refractivity contribution in [2.75, 3.05) is 13.2 Å². The summed E-state index contributed by atoms with van der Waals surface area (Å²) in [5, 5.41) is 9.25. The van der Waals surface area contributed by atoms with E-state index in [4.69, 9.17) is 4.42 Å². The molecule has 1 aromatic heterocycles. The Labute approximate surface area is 104 Å². The molecule has 18 heavy (non-hydrogen) atoms. The fourth-order valence-electron chi connectivity index (χ4n) is 2.50. The van der Waals surface area contributed by atoms with E-state index in [0.29, 0.717) is 23.5 Å². The summed E-state index contributed by atoms with van der Waals surface area (Å²) in [6.45, 7) is 1.68. The number of likely N-dealkylation sites (tertiary alicyclic amines) is 1. The quantitative estimate of drug-likeness (QED) is 0.904. The number of aromatic nitrogens is 1. The van der Waals surface area contributed by atoms with E-state index < -0.39 is 0 Å². The number of halogens is 1. The lowest BCUT2D eigenvalue weighted by molar-refractivity contribution is 0.145. The van der Waals surface area contributed by atoms with Gasteiger partial charge in [0.05, 0.1) is 13.2 Å². The summed E-state index contributed by atoms with van der Waals surface area (Å²) < 4.78 is 18.6. The van der Waals surface area contributed by atoms with Crippen LogP contribution in [-0.2, 0) is 6.54 Å². The first-order valence-electron chi connectivity index (χ1n) is 6.16. The van der Waals surface area contributed by atoms with Gasteiger partial charge in [-0.1, -0.05) is 0 Å². The second kappa shape index (κ2) is 4.66. The Morgan fingerprint density at radius 1 is 1.50 bits per heavy atom. The van der Waals surface area contributed by atoms with Crippen LogP contribution in [0.3, 0.4) is 0 Å². The molecule has 1 N–H and O–H groups in total. The van der Waals surface area contributed by atoms with Crippen molar-refractivity contribution in [2.24, 2.45) is 0 Å². The number of hydrogen-bond acceptors (Lipinski definition) is 4. The minimum Gasteiger partial charge on any atom is -0.439 e. The first-order chi connectivity index (χ1) is 8.76. The summed E-state index contributed by atoms with van der Waals surface area (Å²) in [7, 11) is 0. The molecule has 0 bridgehead atoms. The van der Waals surface area contributed by atoms with Crippen LogP contribution in [0.5, 0.6) is 0 Å². The molecular weight excluding hydrogens is 235 g/mol. The molecule has 5 heteroatoms. The average molecular weight is 250 g/mol. The molecule has 1 saturated heterocycles. The van der Waals surface area contributed by atoms with Gasteiger partial charge in [-0.3, -0.25) is 4.90 Å². The van der Waals surface area contributed by atoms with E-state index in [1.54, 1.807) is 6.07 Å². The van der Waals surface area contributed by atoms with Gasteiger partial charge in [0.25, 0.3) is 0 Å². The van der Waals surface area contributed by atoms with Crippen molar-refractivity contribution in [3.63, 3.8) is 0 Å². The maximum Gasteiger partial charge on any atom is 0.209 e. The summed E-state index contributed by atoms with van der Waals surface area (Å²) in [5.41, 5.74) is 1.15. The van der Waals surface area contributed by atoms with Gasteiger partial charge in [-0.05, 0) is 31.5 Å². The zero-order valence-electron chi connectivity index (χ0n) is 9.97. The molecular formula is C13H15FN2O2. The van der Waals surface area contributed by atoms with Crippen molar-refractivity contribution in [1.29, 1.82) is 0 Å². The SMILES string of the molecule is OC[C@H]1CCCN1Cc1nc2ccc(F)cc2o1. The van der Waals surface area contributed by atoms with E-state index in [9.17, 15) is 9.50 Å². The third-order valence-corrected chi connectivity index (χ3v) is 3.44. The van der Waals surface area contributed by atoms with E-state index in [-0.39, 0.29) is 18.5 Å². The van der Waals surface area contributed by atoms with E-state index >= 15 is 0 Å². The van der Waals surface area contributed by atoms with Crippen LogP contribution in [0, 0.1) is 5.82 Å². The number of fused-ring (bicyclic) bond motifs is 1. The van der Waals surface area contributed by atoms with E-state index in [0.717, 1.165) is 19.4 Å².